The van der Waals surface area contributed by atoms with Crippen molar-refractivity contribution in [1.82, 2.24) is 0 Å². The van der Waals surface area contributed by atoms with Crippen molar-refractivity contribution in [2.24, 2.45) is 0 Å². The Morgan fingerprint density at radius 2 is 2.07 bits per heavy atom. The molecule has 0 unspecified atom stereocenters. The molecular formula is C20H17N3O3S. The lowest BCUT2D eigenvalue weighted by Crippen LogP contribution is -2.10. The molecule has 0 amide bonds. The van der Waals surface area contributed by atoms with Crippen molar-refractivity contribution in [3.8, 4) is 12.3 Å². The van der Waals surface area contributed by atoms with Crippen LogP contribution in [0.4, 0.5) is 16.4 Å². The molecule has 0 radical (unpaired) electrons. The second-order valence-corrected chi connectivity index (χ2v) is 7.28. The third kappa shape index (κ3) is 3.76. The highest BCUT2D eigenvalue weighted by molar-refractivity contribution is 7.19. The Bertz CT molecular complexity index is 1010. The van der Waals surface area contributed by atoms with E-state index in [0.29, 0.717) is 16.5 Å². The van der Waals surface area contributed by atoms with Crippen LogP contribution in [-0.2, 0) is 0 Å². The molecule has 6 nitrogen and oxygen atoms in total. The molecule has 1 aliphatic rings. The third-order valence-corrected chi connectivity index (χ3v) is 5.11. The average Bonchev–Trinajstić information content (AvgIpc) is 3.15. The minimum atomic E-state index is -0.625. The molecule has 0 fully saturated rings. The number of nitrogens with one attached hydrogen (secondary N) is 2. The highest BCUT2D eigenvalue weighted by atomic mass is 32.1. The number of rotatable bonds is 5. The second kappa shape index (κ2) is 7.48. The molecule has 0 spiro atoms. The van der Waals surface area contributed by atoms with E-state index in [1.54, 1.807) is 6.07 Å². The molecule has 7 heteroatoms. The lowest BCUT2D eigenvalue weighted by atomic mass is 10.0. The maximum absolute atomic E-state index is 12.6. The van der Waals surface area contributed by atoms with E-state index in [2.05, 4.69) is 42.5 Å². The van der Waals surface area contributed by atoms with Crippen molar-refractivity contribution >= 4 is 33.5 Å². The van der Waals surface area contributed by atoms with Crippen LogP contribution in [0.15, 0.2) is 53.9 Å². The Kier molecular flexibility index (Phi) is 5.10. The monoisotopic (exact) mass is 379 g/mol. The van der Waals surface area contributed by atoms with Gasteiger partial charge in [-0.2, -0.15) is 0 Å². The van der Waals surface area contributed by atoms with E-state index >= 15 is 0 Å². The number of fused-ring (bicyclic) bond motifs is 1. The number of allylic oxidation sites excluding steroid dienone is 3. The van der Waals surface area contributed by atoms with Gasteiger partial charge in [-0.15, -0.1) is 17.8 Å². The highest BCUT2D eigenvalue weighted by Gasteiger charge is 2.34. The first kappa shape index (κ1) is 18.4. The summed E-state index contributed by atoms with van der Waals surface area (Å²) in [5.74, 6) is 2.23. The largest absolute Gasteiger partial charge is 0.347 e. The molecule has 2 aromatic rings. The van der Waals surface area contributed by atoms with Gasteiger partial charge in [-0.25, -0.2) is 0 Å². The van der Waals surface area contributed by atoms with Crippen LogP contribution in [-0.4, -0.2) is 10.7 Å². The van der Waals surface area contributed by atoms with E-state index in [1.807, 2.05) is 12.1 Å². The van der Waals surface area contributed by atoms with Crippen molar-refractivity contribution in [2.45, 2.75) is 19.8 Å². The number of benzene rings is 1. The van der Waals surface area contributed by atoms with Gasteiger partial charge in [0.15, 0.2) is 5.70 Å². The van der Waals surface area contributed by atoms with Crippen LogP contribution in [0.1, 0.15) is 35.0 Å². The van der Waals surface area contributed by atoms with E-state index in [0.717, 1.165) is 16.8 Å². The maximum Gasteiger partial charge on any atom is 0.297 e. The Balaban J connectivity index is 1.83. The molecule has 0 saturated heterocycles. The Morgan fingerprint density at radius 3 is 2.63 bits per heavy atom. The van der Waals surface area contributed by atoms with Gasteiger partial charge in [-0.05, 0) is 35.8 Å². The summed E-state index contributed by atoms with van der Waals surface area (Å²) in [6.45, 7) is 4.26. The van der Waals surface area contributed by atoms with E-state index in [-0.39, 0.29) is 11.4 Å². The fourth-order valence-electron chi connectivity index (χ4n) is 2.66. The van der Waals surface area contributed by atoms with Crippen molar-refractivity contribution in [3.63, 3.8) is 0 Å². The standard InChI is InChI=1S/C20H17N3O3S/c1-4-5-6-16(23(25)26)18-19(24)20-15(22-18)11-17(27-20)21-14-9-7-13(8-10-14)12(2)3/h1,5-12,21-22H,2-3H3/b6-5-,18-16+. The zero-order chi connectivity index (χ0) is 19.6. The Hall–Kier alpha value is -3.37. The number of Topliss-reactive ketones (excluding diaryl/α,β-unsaturated/α-hetero) is 1. The summed E-state index contributed by atoms with van der Waals surface area (Å²) in [4.78, 5) is 23.6. The summed E-state index contributed by atoms with van der Waals surface area (Å²) >= 11 is 1.25. The van der Waals surface area contributed by atoms with Crippen LogP contribution in [0.2, 0.25) is 0 Å². The van der Waals surface area contributed by atoms with Gasteiger partial charge in [0.2, 0.25) is 5.78 Å². The molecule has 1 aliphatic heterocycles. The van der Waals surface area contributed by atoms with Gasteiger partial charge in [0.1, 0.15) is 4.88 Å². The van der Waals surface area contributed by atoms with Gasteiger partial charge in [-0.3, -0.25) is 14.9 Å². The molecule has 0 atom stereocenters. The molecular weight excluding hydrogens is 362 g/mol. The molecule has 1 aromatic carbocycles. The first-order valence-electron chi connectivity index (χ1n) is 8.24. The number of ketones is 1. The SMILES string of the molecule is C#C/C=C\C(=C1/Nc2cc(Nc3ccc(C(C)C)cc3)sc2C1=O)[N+](=O)[O-]. The number of anilines is 3. The summed E-state index contributed by atoms with van der Waals surface area (Å²) in [7, 11) is 0. The number of carbonyl (C=O) groups is 1. The van der Waals surface area contributed by atoms with Gasteiger partial charge in [0.05, 0.1) is 15.6 Å². The quantitative estimate of drug-likeness (QED) is 0.334. The summed E-state index contributed by atoms with van der Waals surface area (Å²) in [6, 6.07) is 9.84. The van der Waals surface area contributed by atoms with Crippen LogP contribution in [0, 0.1) is 22.5 Å². The molecule has 0 aliphatic carbocycles. The highest BCUT2D eigenvalue weighted by Crippen LogP contribution is 2.40. The molecule has 27 heavy (non-hydrogen) atoms. The molecule has 3 rings (SSSR count). The van der Waals surface area contributed by atoms with Crippen molar-refractivity contribution in [2.75, 3.05) is 10.6 Å². The van der Waals surface area contributed by atoms with E-state index in [4.69, 9.17) is 6.42 Å². The normalized spacial score (nSPS) is 14.8. The van der Waals surface area contributed by atoms with Gasteiger partial charge < -0.3 is 10.6 Å². The van der Waals surface area contributed by atoms with Crippen LogP contribution >= 0.6 is 11.3 Å². The fraction of sp³-hybridized carbons (Fsp3) is 0.150. The molecule has 2 heterocycles. The van der Waals surface area contributed by atoms with E-state index in [9.17, 15) is 14.9 Å². The number of carbonyl (C=O) groups excluding carboxylic acids is 1. The lowest BCUT2D eigenvalue weighted by molar-refractivity contribution is -0.419. The number of thiophene rings is 1. The van der Waals surface area contributed by atoms with Crippen LogP contribution in [0.5, 0.6) is 0 Å². The molecule has 2 N–H and O–H groups in total. The number of nitrogens with zero attached hydrogens (tertiary/aromatic N) is 1. The topological polar surface area (TPSA) is 84.3 Å². The first-order valence-corrected chi connectivity index (χ1v) is 9.06. The number of nitro groups is 1. The van der Waals surface area contributed by atoms with E-state index < -0.39 is 10.7 Å². The molecule has 0 bridgehead atoms. The minimum absolute atomic E-state index is 0.0689. The molecule has 0 saturated carbocycles. The predicted octanol–water partition coefficient (Wildman–Crippen LogP) is 4.90. The Morgan fingerprint density at radius 1 is 1.37 bits per heavy atom. The van der Waals surface area contributed by atoms with Crippen LogP contribution in [0.3, 0.4) is 0 Å². The predicted molar refractivity (Wildman–Crippen MR) is 108 cm³/mol. The summed E-state index contributed by atoms with van der Waals surface area (Å²) in [5.41, 5.74) is 2.29. The summed E-state index contributed by atoms with van der Waals surface area (Å²) in [5, 5.41) is 18.1. The van der Waals surface area contributed by atoms with E-state index in [1.165, 1.54) is 23.0 Å². The molecule has 1 aromatic heterocycles. The number of terminal acetylenes is 1. The minimum Gasteiger partial charge on any atom is -0.347 e. The second-order valence-electron chi connectivity index (χ2n) is 6.23. The number of hydrogen-bond acceptors (Lipinski definition) is 6. The van der Waals surface area contributed by atoms with Crippen molar-refractivity contribution in [1.29, 1.82) is 0 Å². The van der Waals surface area contributed by atoms with Crippen molar-refractivity contribution in [3.05, 3.63) is 74.4 Å². The summed E-state index contributed by atoms with van der Waals surface area (Å²) < 4.78 is 0. The first-order chi connectivity index (χ1) is 12.9. The average molecular weight is 379 g/mol. The van der Waals surface area contributed by atoms with Crippen molar-refractivity contribution < 1.29 is 9.72 Å². The molecule has 136 valence electrons. The van der Waals surface area contributed by atoms with Gasteiger partial charge in [0, 0.05) is 11.8 Å². The number of hydrogen-bond donors (Lipinski definition) is 2. The van der Waals surface area contributed by atoms with Gasteiger partial charge >= 0.3 is 0 Å². The smallest absolute Gasteiger partial charge is 0.297 e. The van der Waals surface area contributed by atoms with Crippen LogP contribution in [0.25, 0.3) is 0 Å². The third-order valence-electron chi connectivity index (χ3n) is 4.06. The zero-order valence-corrected chi connectivity index (χ0v) is 15.6. The maximum atomic E-state index is 12.6. The fourth-order valence-corrected chi connectivity index (χ4v) is 3.64. The van der Waals surface area contributed by atoms with Gasteiger partial charge in [0.25, 0.3) is 5.70 Å². The summed E-state index contributed by atoms with van der Waals surface area (Å²) in [6.07, 6.45) is 7.44. The lowest BCUT2D eigenvalue weighted by Gasteiger charge is -2.08. The Labute approximate surface area is 160 Å². The zero-order valence-electron chi connectivity index (χ0n) is 14.8. The van der Waals surface area contributed by atoms with Crippen LogP contribution < -0.4 is 10.6 Å². The van der Waals surface area contributed by atoms with Gasteiger partial charge in [-0.1, -0.05) is 31.9 Å².